The Morgan fingerprint density at radius 2 is 1.57 bits per heavy atom. The summed E-state index contributed by atoms with van der Waals surface area (Å²) in [7, 11) is 5.43. The van der Waals surface area contributed by atoms with E-state index in [4.69, 9.17) is 7.85 Å². The standard InChI is InChI=1S/C10H10BF3/c1-10(2,3)7-5(11)4-6(12)8(13)9(7)14/h4H,1-3H3. The third kappa shape index (κ3) is 1.79. The first kappa shape index (κ1) is 11.2. The molecule has 0 heterocycles. The van der Waals surface area contributed by atoms with Gasteiger partial charge in [-0.1, -0.05) is 26.2 Å². The number of hydrogen-bond acceptors (Lipinski definition) is 0. The maximum Gasteiger partial charge on any atom is 0.194 e. The van der Waals surface area contributed by atoms with Crippen LogP contribution in [-0.2, 0) is 5.41 Å². The Bertz CT molecular complexity index is 367. The van der Waals surface area contributed by atoms with Crippen molar-refractivity contribution in [2.75, 3.05) is 0 Å². The molecular formula is C10H10BF3. The van der Waals surface area contributed by atoms with E-state index in [0.29, 0.717) is 0 Å². The van der Waals surface area contributed by atoms with Crippen molar-refractivity contribution in [1.29, 1.82) is 0 Å². The highest BCUT2D eigenvalue weighted by Crippen LogP contribution is 2.25. The van der Waals surface area contributed by atoms with Crippen LogP contribution in [0.4, 0.5) is 13.2 Å². The lowest BCUT2D eigenvalue weighted by atomic mass is 9.77. The van der Waals surface area contributed by atoms with Gasteiger partial charge < -0.3 is 0 Å². The first-order valence-corrected chi connectivity index (χ1v) is 4.18. The summed E-state index contributed by atoms with van der Waals surface area (Å²) in [5.41, 5.74) is -0.701. The SMILES string of the molecule is [B]c1cc(F)c(F)c(F)c1C(C)(C)C. The molecule has 1 aromatic rings. The van der Waals surface area contributed by atoms with E-state index in [1.54, 1.807) is 20.8 Å². The molecule has 0 aliphatic heterocycles. The van der Waals surface area contributed by atoms with Gasteiger partial charge >= 0.3 is 0 Å². The zero-order valence-electron chi connectivity index (χ0n) is 8.29. The van der Waals surface area contributed by atoms with Crippen LogP contribution in [0.2, 0.25) is 0 Å². The highest BCUT2D eigenvalue weighted by molar-refractivity contribution is 6.33. The third-order valence-corrected chi connectivity index (χ3v) is 1.94. The maximum atomic E-state index is 13.3. The smallest absolute Gasteiger partial charge is 0.194 e. The number of rotatable bonds is 0. The van der Waals surface area contributed by atoms with Gasteiger partial charge in [0.25, 0.3) is 0 Å². The van der Waals surface area contributed by atoms with Crippen molar-refractivity contribution in [3.05, 3.63) is 29.1 Å². The number of hydrogen-bond donors (Lipinski definition) is 0. The minimum absolute atomic E-state index is 0.0106. The summed E-state index contributed by atoms with van der Waals surface area (Å²) in [6.45, 7) is 5.04. The van der Waals surface area contributed by atoms with E-state index in [0.717, 1.165) is 6.07 Å². The molecule has 2 radical (unpaired) electrons. The Labute approximate surface area is 82.5 Å². The first-order valence-electron chi connectivity index (χ1n) is 4.18. The van der Waals surface area contributed by atoms with Gasteiger partial charge in [0, 0.05) is 0 Å². The van der Waals surface area contributed by atoms with E-state index in [1.807, 2.05) is 0 Å². The highest BCUT2D eigenvalue weighted by Gasteiger charge is 2.25. The summed E-state index contributed by atoms with van der Waals surface area (Å²) in [5, 5.41) is 0. The van der Waals surface area contributed by atoms with Crippen LogP contribution < -0.4 is 5.46 Å². The molecule has 0 N–H and O–H groups in total. The zero-order chi connectivity index (χ0) is 11.1. The fourth-order valence-electron chi connectivity index (χ4n) is 1.38. The molecular weight excluding hydrogens is 188 g/mol. The van der Waals surface area contributed by atoms with Crippen LogP contribution in [0, 0.1) is 17.5 Å². The third-order valence-electron chi connectivity index (χ3n) is 1.94. The molecule has 1 rings (SSSR count). The molecule has 0 aromatic heterocycles. The lowest BCUT2D eigenvalue weighted by Crippen LogP contribution is -2.27. The van der Waals surface area contributed by atoms with Crippen molar-refractivity contribution in [1.82, 2.24) is 0 Å². The fourth-order valence-corrected chi connectivity index (χ4v) is 1.38. The van der Waals surface area contributed by atoms with Gasteiger partial charge in [0.1, 0.15) is 7.85 Å². The van der Waals surface area contributed by atoms with Crippen LogP contribution in [0.25, 0.3) is 0 Å². The predicted molar refractivity (Wildman–Crippen MR) is 50.4 cm³/mol. The van der Waals surface area contributed by atoms with Crippen LogP contribution in [0.5, 0.6) is 0 Å². The second kappa shape index (κ2) is 3.33. The Morgan fingerprint density at radius 1 is 1.07 bits per heavy atom. The summed E-state index contributed by atoms with van der Waals surface area (Å²) in [6, 6.07) is 0.805. The predicted octanol–water partition coefficient (Wildman–Crippen LogP) is 2.20. The van der Waals surface area contributed by atoms with Gasteiger partial charge in [-0.25, -0.2) is 13.2 Å². The summed E-state index contributed by atoms with van der Waals surface area (Å²) >= 11 is 0. The first-order chi connectivity index (χ1) is 6.25. The summed E-state index contributed by atoms with van der Waals surface area (Å²) in [6.07, 6.45) is 0. The lowest BCUT2D eigenvalue weighted by Gasteiger charge is -2.23. The van der Waals surface area contributed by atoms with Crippen molar-refractivity contribution in [3.63, 3.8) is 0 Å². The molecule has 0 saturated heterocycles. The molecule has 0 aliphatic carbocycles. The molecule has 0 saturated carbocycles. The molecule has 0 spiro atoms. The summed E-state index contributed by atoms with van der Waals surface area (Å²) in [4.78, 5) is 0. The van der Waals surface area contributed by atoms with Crippen LogP contribution in [0.15, 0.2) is 6.07 Å². The highest BCUT2D eigenvalue weighted by atomic mass is 19.2. The molecule has 14 heavy (non-hydrogen) atoms. The molecule has 0 nitrogen and oxygen atoms in total. The van der Waals surface area contributed by atoms with Crippen molar-refractivity contribution < 1.29 is 13.2 Å². The quantitative estimate of drug-likeness (QED) is 0.442. The summed E-state index contributed by atoms with van der Waals surface area (Å²) < 4.78 is 38.9. The van der Waals surface area contributed by atoms with E-state index < -0.39 is 22.9 Å². The molecule has 0 aliphatic rings. The average Bonchev–Trinajstić information content (AvgIpc) is 1.97. The number of benzene rings is 1. The Kier molecular flexibility index (Phi) is 2.66. The van der Waals surface area contributed by atoms with Crippen molar-refractivity contribution in [3.8, 4) is 0 Å². The Hall–Kier alpha value is -0.925. The van der Waals surface area contributed by atoms with Crippen molar-refractivity contribution in [2.45, 2.75) is 26.2 Å². The molecule has 0 bridgehead atoms. The monoisotopic (exact) mass is 198 g/mol. The lowest BCUT2D eigenvalue weighted by molar-refractivity contribution is 0.426. The minimum Gasteiger partial charge on any atom is -0.204 e. The van der Waals surface area contributed by atoms with Gasteiger partial charge in [0.15, 0.2) is 17.5 Å². The number of halogens is 3. The van der Waals surface area contributed by atoms with Gasteiger partial charge in [-0.05, 0) is 17.0 Å². The second-order valence-electron chi connectivity index (χ2n) is 4.20. The molecule has 0 fully saturated rings. The average molecular weight is 198 g/mol. The fraction of sp³-hybridized carbons (Fsp3) is 0.400. The summed E-state index contributed by atoms with van der Waals surface area (Å²) in [5.74, 6) is -3.92. The van der Waals surface area contributed by atoms with E-state index in [1.165, 1.54) is 0 Å². The minimum atomic E-state index is -1.47. The molecule has 1 aromatic carbocycles. The van der Waals surface area contributed by atoms with Crippen LogP contribution >= 0.6 is 0 Å². The molecule has 0 amide bonds. The topological polar surface area (TPSA) is 0 Å². The maximum absolute atomic E-state index is 13.3. The van der Waals surface area contributed by atoms with E-state index in [9.17, 15) is 13.2 Å². The van der Waals surface area contributed by atoms with Gasteiger partial charge in [-0.3, -0.25) is 0 Å². The molecule has 0 unspecified atom stereocenters. The normalized spacial score (nSPS) is 11.9. The Balaban J connectivity index is 3.53. The second-order valence-corrected chi connectivity index (χ2v) is 4.20. The molecule has 0 atom stereocenters. The molecule has 74 valence electrons. The van der Waals surface area contributed by atoms with Crippen LogP contribution in [0.1, 0.15) is 26.3 Å². The van der Waals surface area contributed by atoms with Crippen LogP contribution in [-0.4, -0.2) is 7.85 Å². The van der Waals surface area contributed by atoms with Gasteiger partial charge in [-0.2, -0.15) is 0 Å². The molecule has 4 heteroatoms. The van der Waals surface area contributed by atoms with E-state index in [-0.39, 0.29) is 11.0 Å². The van der Waals surface area contributed by atoms with E-state index >= 15 is 0 Å². The Morgan fingerprint density at radius 3 is 2.00 bits per heavy atom. The van der Waals surface area contributed by atoms with Crippen LogP contribution in [0.3, 0.4) is 0 Å². The van der Waals surface area contributed by atoms with E-state index in [2.05, 4.69) is 0 Å². The largest absolute Gasteiger partial charge is 0.204 e. The van der Waals surface area contributed by atoms with Crippen molar-refractivity contribution >= 4 is 13.3 Å². The van der Waals surface area contributed by atoms with Gasteiger partial charge in [0.05, 0.1) is 0 Å². The van der Waals surface area contributed by atoms with Gasteiger partial charge in [-0.15, -0.1) is 0 Å². The van der Waals surface area contributed by atoms with Gasteiger partial charge in [0.2, 0.25) is 0 Å². The zero-order valence-corrected chi connectivity index (χ0v) is 8.29. The van der Waals surface area contributed by atoms with Crippen molar-refractivity contribution in [2.24, 2.45) is 0 Å².